The number of nitrogens with one attached hydrogen (secondary N) is 1. The number of thiazole rings is 1. The number of nitrogens with zero attached hydrogens (tertiary/aromatic N) is 2. The lowest BCUT2D eigenvalue weighted by molar-refractivity contribution is 0.0937. The van der Waals surface area contributed by atoms with Crippen molar-refractivity contribution in [2.45, 2.75) is 26.3 Å². The number of aliphatic hydroxyl groups is 1. The second-order valence-electron chi connectivity index (χ2n) is 4.54. The van der Waals surface area contributed by atoms with Crippen LogP contribution in [0.25, 0.3) is 10.7 Å². The Labute approximate surface area is 121 Å². The van der Waals surface area contributed by atoms with Crippen LogP contribution in [0.5, 0.6) is 0 Å². The predicted molar refractivity (Wildman–Crippen MR) is 78.7 cm³/mol. The van der Waals surface area contributed by atoms with Crippen LogP contribution in [0.2, 0.25) is 0 Å². The number of amides is 1. The van der Waals surface area contributed by atoms with Crippen molar-refractivity contribution in [2.75, 3.05) is 6.61 Å². The van der Waals surface area contributed by atoms with Gasteiger partial charge in [-0.1, -0.05) is 6.07 Å². The van der Waals surface area contributed by atoms with E-state index in [4.69, 9.17) is 5.11 Å². The molecule has 0 saturated heterocycles. The Hall–Kier alpha value is -1.79. The number of carbonyl (C=O) groups excluding carboxylic acids is 1. The van der Waals surface area contributed by atoms with Gasteiger partial charge < -0.3 is 10.4 Å². The summed E-state index contributed by atoms with van der Waals surface area (Å²) in [4.78, 5) is 21.4. The molecule has 1 amide bonds. The number of aryl methyl sites for hydroxylation is 1. The third-order valence-corrected chi connectivity index (χ3v) is 4.01. The topological polar surface area (TPSA) is 75.1 Å². The molecule has 2 aromatic heterocycles. The van der Waals surface area contributed by atoms with Crippen molar-refractivity contribution in [3.8, 4) is 10.7 Å². The number of pyridine rings is 1. The summed E-state index contributed by atoms with van der Waals surface area (Å²) in [6, 6.07) is 5.54. The van der Waals surface area contributed by atoms with Crippen LogP contribution in [0.3, 0.4) is 0 Å². The monoisotopic (exact) mass is 291 g/mol. The number of rotatable bonds is 5. The summed E-state index contributed by atoms with van der Waals surface area (Å²) >= 11 is 1.33. The fourth-order valence-electron chi connectivity index (χ4n) is 1.76. The van der Waals surface area contributed by atoms with Gasteiger partial charge in [0.2, 0.25) is 0 Å². The molecule has 0 aromatic carbocycles. The van der Waals surface area contributed by atoms with Gasteiger partial charge in [-0.3, -0.25) is 9.78 Å². The first-order valence-corrected chi connectivity index (χ1v) is 7.24. The summed E-state index contributed by atoms with van der Waals surface area (Å²) in [7, 11) is 0. The summed E-state index contributed by atoms with van der Waals surface area (Å²) in [5.41, 5.74) is 1.47. The fourth-order valence-corrected chi connectivity index (χ4v) is 2.71. The standard InChI is InChI=1S/C14H17N3O2S/c1-9(6-8-18)16-13(19)12-10(2)17-14(20-12)11-5-3-4-7-15-11/h3-5,7,9,18H,6,8H2,1-2H3,(H,16,19). The highest BCUT2D eigenvalue weighted by molar-refractivity contribution is 7.17. The molecule has 0 spiro atoms. The second-order valence-corrected chi connectivity index (χ2v) is 5.53. The third-order valence-electron chi connectivity index (χ3n) is 2.83. The van der Waals surface area contributed by atoms with Gasteiger partial charge in [0.25, 0.3) is 5.91 Å². The van der Waals surface area contributed by atoms with Crippen molar-refractivity contribution in [2.24, 2.45) is 0 Å². The van der Waals surface area contributed by atoms with Gasteiger partial charge in [-0.2, -0.15) is 0 Å². The zero-order valence-electron chi connectivity index (χ0n) is 11.5. The van der Waals surface area contributed by atoms with E-state index < -0.39 is 0 Å². The van der Waals surface area contributed by atoms with E-state index in [2.05, 4.69) is 15.3 Å². The van der Waals surface area contributed by atoms with E-state index >= 15 is 0 Å². The summed E-state index contributed by atoms with van der Waals surface area (Å²) in [6.07, 6.45) is 2.24. The molecule has 6 heteroatoms. The van der Waals surface area contributed by atoms with Crippen molar-refractivity contribution in [1.82, 2.24) is 15.3 Å². The smallest absolute Gasteiger partial charge is 0.263 e. The van der Waals surface area contributed by atoms with E-state index in [0.717, 1.165) is 10.7 Å². The minimum atomic E-state index is -0.150. The summed E-state index contributed by atoms with van der Waals surface area (Å²) in [6.45, 7) is 3.74. The highest BCUT2D eigenvalue weighted by atomic mass is 32.1. The first-order chi connectivity index (χ1) is 9.61. The normalized spacial score (nSPS) is 12.2. The molecule has 2 heterocycles. The van der Waals surface area contributed by atoms with Gasteiger partial charge in [0, 0.05) is 18.8 Å². The predicted octanol–water partition coefficient (Wildman–Crippen LogP) is 2.01. The molecule has 0 aliphatic rings. The molecule has 0 aliphatic heterocycles. The van der Waals surface area contributed by atoms with Crippen LogP contribution >= 0.6 is 11.3 Å². The third kappa shape index (κ3) is 3.40. The van der Waals surface area contributed by atoms with Gasteiger partial charge in [-0.25, -0.2) is 4.98 Å². The Morgan fingerprint density at radius 2 is 2.30 bits per heavy atom. The largest absolute Gasteiger partial charge is 0.396 e. The molecule has 2 N–H and O–H groups in total. The Morgan fingerprint density at radius 1 is 1.50 bits per heavy atom. The first-order valence-electron chi connectivity index (χ1n) is 6.42. The molecule has 2 rings (SSSR count). The maximum Gasteiger partial charge on any atom is 0.263 e. The lowest BCUT2D eigenvalue weighted by Gasteiger charge is -2.11. The fraction of sp³-hybridized carbons (Fsp3) is 0.357. The van der Waals surface area contributed by atoms with Crippen LogP contribution in [0, 0.1) is 6.92 Å². The number of aliphatic hydroxyl groups excluding tert-OH is 1. The molecule has 0 aliphatic carbocycles. The van der Waals surface area contributed by atoms with Crippen LogP contribution in [0.15, 0.2) is 24.4 Å². The Bertz CT molecular complexity index is 583. The van der Waals surface area contributed by atoms with Gasteiger partial charge in [0.15, 0.2) is 0 Å². The number of hydrogen-bond donors (Lipinski definition) is 2. The van der Waals surface area contributed by atoms with Gasteiger partial charge in [0.1, 0.15) is 9.88 Å². The Morgan fingerprint density at radius 3 is 2.95 bits per heavy atom. The van der Waals surface area contributed by atoms with Gasteiger partial charge in [-0.15, -0.1) is 11.3 Å². The molecule has 1 atom stereocenters. The molecule has 106 valence electrons. The average molecular weight is 291 g/mol. The number of carbonyl (C=O) groups is 1. The van der Waals surface area contributed by atoms with Crippen LogP contribution in [-0.4, -0.2) is 33.6 Å². The lowest BCUT2D eigenvalue weighted by Crippen LogP contribution is -2.33. The molecule has 0 saturated carbocycles. The minimum Gasteiger partial charge on any atom is -0.396 e. The molecule has 1 unspecified atom stereocenters. The Kier molecular flexibility index (Phi) is 4.81. The highest BCUT2D eigenvalue weighted by Crippen LogP contribution is 2.26. The molecule has 20 heavy (non-hydrogen) atoms. The maximum atomic E-state index is 12.2. The van der Waals surface area contributed by atoms with E-state index in [-0.39, 0.29) is 18.6 Å². The van der Waals surface area contributed by atoms with Crippen molar-refractivity contribution in [3.05, 3.63) is 35.0 Å². The van der Waals surface area contributed by atoms with Crippen molar-refractivity contribution >= 4 is 17.2 Å². The summed E-state index contributed by atoms with van der Waals surface area (Å²) in [5, 5.41) is 12.5. The molecular weight excluding hydrogens is 274 g/mol. The van der Waals surface area contributed by atoms with Gasteiger partial charge in [0.05, 0.1) is 11.4 Å². The quantitative estimate of drug-likeness (QED) is 0.883. The van der Waals surface area contributed by atoms with E-state index in [0.29, 0.717) is 17.0 Å². The van der Waals surface area contributed by atoms with Crippen LogP contribution in [0.1, 0.15) is 28.7 Å². The zero-order chi connectivity index (χ0) is 14.5. The Balaban J connectivity index is 2.17. The van der Waals surface area contributed by atoms with Gasteiger partial charge in [-0.05, 0) is 32.4 Å². The van der Waals surface area contributed by atoms with Crippen LogP contribution in [-0.2, 0) is 0 Å². The maximum absolute atomic E-state index is 12.2. The van der Waals surface area contributed by atoms with Crippen molar-refractivity contribution < 1.29 is 9.90 Å². The molecule has 0 bridgehead atoms. The van der Waals surface area contributed by atoms with Gasteiger partial charge >= 0.3 is 0 Å². The van der Waals surface area contributed by atoms with E-state index in [1.54, 1.807) is 6.20 Å². The van der Waals surface area contributed by atoms with E-state index in [9.17, 15) is 4.79 Å². The van der Waals surface area contributed by atoms with E-state index in [1.165, 1.54) is 11.3 Å². The number of aromatic nitrogens is 2. The molecule has 2 aromatic rings. The average Bonchev–Trinajstić information content (AvgIpc) is 2.82. The second kappa shape index (κ2) is 6.58. The van der Waals surface area contributed by atoms with Crippen molar-refractivity contribution in [1.29, 1.82) is 0 Å². The molecule has 5 nitrogen and oxygen atoms in total. The molecule has 0 fully saturated rings. The molecular formula is C14H17N3O2S. The number of hydrogen-bond acceptors (Lipinski definition) is 5. The summed E-state index contributed by atoms with van der Waals surface area (Å²) < 4.78 is 0. The van der Waals surface area contributed by atoms with Crippen LogP contribution in [0.4, 0.5) is 0 Å². The van der Waals surface area contributed by atoms with Crippen molar-refractivity contribution in [3.63, 3.8) is 0 Å². The molecule has 0 radical (unpaired) electrons. The first kappa shape index (κ1) is 14.6. The zero-order valence-corrected chi connectivity index (χ0v) is 12.3. The SMILES string of the molecule is Cc1nc(-c2ccccn2)sc1C(=O)NC(C)CCO. The highest BCUT2D eigenvalue weighted by Gasteiger charge is 2.17. The van der Waals surface area contributed by atoms with Crippen LogP contribution < -0.4 is 5.32 Å². The summed E-state index contributed by atoms with van der Waals surface area (Å²) in [5.74, 6) is -0.150. The minimum absolute atomic E-state index is 0.0578. The van der Waals surface area contributed by atoms with E-state index in [1.807, 2.05) is 32.0 Å². The lowest BCUT2D eigenvalue weighted by atomic mass is 10.2.